The first-order valence-corrected chi connectivity index (χ1v) is 14.1. The van der Waals surface area contributed by atoms with Crippen LogP contribution in [0.25, 0.3) is 22.5 Å². The average Bonchev–Trinajstić information content (AvgIpc) is 2.93. The van der Waals surface area contributed by atoms with Gasteiger partial charge >= 0.3 is 5.97 Å². The van der Waals surface area contributed by atoms with E-state index in [0.29, 0.717) is 35.5 Å². The molecular weight excluding hydrogens is 498 g/mol. The van der Waals surface area contributed by atoms with Crippen LogP contribution in [0, 0.1) is 0 Å². The fourth-order valence-corrected chi connectivity index (χ4v) is 5.43. The zero-order chi connectivity index (χ0) is 27.1. The van der Waals surface area contributed by atoms with E-state index in [1.54, 1.807) is 0 Å². The maximum atomic E-state index is 11.7. The third-order valence-electron chi connectivity index (χ3n) is 7.05. The zero-order valence-corrected chi connectivity index (χ0v) is 23.6. The van der Waals surface area contributed by atoms with Gasteiger partial charge in [0.25, 0.3) is 0 Å². The zero-order valence-electron chi connectivity index (χ0n) is 22.9. The maximum Gasteiger partial charge on any atom is 0.307 e. The highest BCUT2D eigenvalue weighted by Gasteiger charge is 2.24. The second-order valence-corrected chi connectivity index (χ2v) is 10.4. The summed E-state index contributed by atoms with van der Waals surface area (Å²) in [6.07, 6.45) is 7.46. The molecule has 0 unspecified atom stereocenters. The molecule has 7 heteroatoms. The van der Waals surface area contributed by atoms with Crippen LogP contribution in [0.2, 0.25) is 5.02 Å². The van der Waals surface area contributed by atoms with Crippen molar-refractivity contribution in [2.45, 2.75) is 65.4 Å². The van der Waals surface area contributed by atoms with E-state index in [9.17, 15) is 4.79 Å². The van der Waals surface area contributed by atoms with Gasteiger partial charge in [0.2, 0.25) is 0 Å². The number of piperidine rings is 1. The van der Waals surface area contributed by atoms with Crippen LogP contribution in [0.1, 0.15) is 64.0 Å². The van der Waals surface area contributed by atoms with Crippen molar-refractivity contribution in [1.29, 1.82) is 0 Å². The fraction of sp³-hybridized carbons (Fsp3) is 0.452. The van der Waals surface area contributed by atoms with Crippen molar-refractivity contribution in [3.63, 3.8) is 0 Å². The Morgan fingerprint density at radius 3 is 2.45 bits per heavy atom. The molecular formula is C31H38ClN3O3. The van der Waals surface area contributed by atoms with Crippen molar-refractivity contribution in [2.24, 2.45) is 0 Å². The molecule has 1 saturated heterocycles. The van der Waals surface area contributed by atoms with Crippen LogP contribution in [0.4, 0.5) is 0 Å². The van der Waals surface area contributed by atoms with Crippen molar-refractivity contribution in [2.75, 3.05) is 26.2 Å². The molecule has 1 aliphatic rings. The third kappa shape index (κ3) is 6.91. The minimum Gasteiger partial charge on any atom is -0.489 e. The monoisotopic (exact) mass is 535 g/mol. The number of carbonyl (C=O) groups excluding carboxylic acids is 1. The summed E-state index contributed by atoms with van der Waals surface area (Å²) in [6, 6.07) is 12.3. The number of benzene rings is 2. The standard InChI is InChI=1S/C31H38ClN3O3/c1-5-25-26(22-12-15-35(16-13-22)17-14-30(36)37-6-2)8-7-9-27(25)24-19-33-31(34-20-24)23-10-11-29(28(32)18-23)38-21(3)4/h7-11,18-22H,5-6,12-17H2,1-4H3. The summed E-state index contributed by atoms with van der Waals surface area (Å²) in [4.78, 5) is 23.5. The number of esters is 1. The van der Waals surface area contributed by atoms with Crippen molar-refractivity contribution in [3.05, 3.63) is 64.9 Å². The summed E-state index contributed by atoms with van der Waals surface area (Å²) in [7, 11) is 0. The summed E-state index contributed by atoms with van der Waals surface area (Å²) < 4.78 is 10.8. The Labute approximate surface area is 231 Å². The smallest absolute Gasteiger partial charge is 0.307 e. The topological polar surface area (TPSA) is 64.5 Å². The lowest BCUT2D eigenvalue weighted by atomic mass is 9.83. The van der Waals surface area contributed by atoms with Crippen molar-refractivity contribution in [3.8, 4) is 28.3 Å². The number of ether oxygens (including phenoxy) is 2. The molecule has 0 amide bonds. The van der Waals surface area contributed by atoms with Gasteiger partial charge in [-0.2, -0.15) is 0 Å². The van der Waals surface area contributed by atoms with Gasteiger partial charge in [0.05, 0.1) is 24.2 Å². The molecule has 0 bridgehead atoms. The van der Waals surface area contributed by atoms with E-state index in [1.165, 1.54) is 16.7 Å². The quantitative estimate of drug-likeness (QED) is 0.262. The van der Waals surface area contributed by atoms with Gasteiger partial charge in [0, 0.05) is 30.1 Å². The number of nitrogens with zero attached hydrogens (tertiary/aromatic N) is 3. The second kappa shape index (κ2) is 13.2. The van der Waals surface area contributed by atoms with Crippen LogP contribution in [0.5, 0.6) is 5.75 Å². The lowest BCUT2D eigenvalue weighted by Crippen LogP contribution is -2.35. The van der Waals surface area contributed by atoms with Crippen molar-refractivity contribution in [1.82, 2.24) is 14.9 Å². The summed E-state index contributed by atoms with van der Waals surface area (Å²) in [6.45, 7) is 11.2. The lowest BCUT2D eigenvalue weighted by molar-refractivity contribution is -0.143. The number of hydrogen-bond donors (Lipinski definition) is 0. The Balaban J connectivity index is 1.47. The van der Waals surface area contributed by atoms with Gasteiger partial charge in [-0.25, -0.2) is 9.97 Å². The summed E-state index contributed by atoms with van der Waals surface area (Å²) >= 11 is 6.43. The highest BCUT2D eigenvalue weighted by molar-refractivity contribution is 6.32. The number of hydrogen-bond acceptors (Lipinski definition) is 6. The molecule has 2 aromatic carbocycles. The first-order valence-electron chi connectivity index (χ1n) is 13.7. The largest absolute Gasteiger partial charge is 0.489 e. The fourth-order valence-electron chi connectivity index (χ4n) is 5.21. The van der Waals surface area contributed by atoms with E-state index < -0.39 is 0 Å². The molecule has 0 atom stereocenters. The van der Waals surface area contributed by atoms with Crippen LogP contribution in [0.15, 0.2) is 48.8 Å². The van der Waals surface area contributed by atoms with Crippen molar-refractivity contribution >= 4 is 17.6 Å². The van der Waals surface area contributed by atoms with Crippen LogP contribution in [-0.2, 0) is 16.0 Å². The average molecular weight is 536 g/mol. The van der Waals surface area contributed by atoms with E-state index in [1.807, 2.05) is 51.4 Å². The van der Waals surface area contributed by atoms with E-state index in [4.69, 9.17) is 21.1 Å². The van der Waals surface area contributed by atoms with Gasteiger partial charge in [-0.05, 0) is 93.9 Å². The molecule has 6 nitrogen and oxygen atoms in total. The molecule has 0 saturated carbocycles. The molecule has 4 rings (SSSR count). The van der Waals surface area contributed by atoms with Crippen LogP contribution in [0.3, 0.4) is 0 Å². The lowest BCUT2D eigenvalue weighted by Gasteiger charge is -2.33. The SMILES string of the molecule is CCOC(=O)CCN1CCC(c2cccc(-c3cnc(-c4ccc(OC(C)C)c(Cl)c4)nc3)c2CC)CC1. The second-order valence-electron chi connectivity index (χ2n) is 10.0. The van der Waals surface area contributed by atoms with E-state index in [2.05, 4.69) is 40.0 Å². The van der Waals surface area contributed by atoms with Crippen LogP contribution >= 0.6 is 11.6 Å². The molecule has 0 radical (unpaired) electrons. The van der Waals surface area contributed by atoms with Gasteiger partial charge in [-0.1, -0.05) is 36.7 Å². The third-order valence-corrected chi connectivity index (χ3v) is 7.34. The Kier molecular flexibility index (Phi) is 9.75. The molecule has 0 spiro atoms. The highest BCUT2D eigenvalue weighted by Crippen LogP contribution is 2.36. The molecule has 202 valence electrons. The van der Waals surface area contributed by atoms with Gasteiger partial charge < -0.3 is 14.4 Å². The first kappa shape index (κ1) is 28.1. The minimum atomic E-state index is -0.107. The summed E-state index contributed by atoms with van der Waals surface area (Å²) in [5, 5.41) is 0.553. The van der Waals surface area contributed by atoms with Crippen molar-refractivity contribution < 1.29 is 14.3 Å². The molecule has 1 aromatic heterocycles. The number of halogens is 1. The predicted molar refractivity (Wildman–Crippen MR) is 153 cm³/mol. The molecule has 1 fully saturated rings. The molecule has 0 aliphatic carbocycles. The Bertz CT molecular complexity index is 1220. The summed E-state index contributed by atoms with van der Waals surface area (Å²) in [5.41, 5.74) is 5.86. The Morgan fingerprint density at radius 2 is 1.82 bits per heavy atom. The number of rotatable bonds is 10. The highest BCUT2D eigenvalue weighted by atomic mass is 35.5. The van der Waals surface area contributed by atoms with Crippen LogP contribution in [-0.4, -0.2) is 53.2 Å². The van der Waals surface area contributed by atoms with Crippen LogP contribution < -0.4 is 4.74 Å². The molecule has 0 N–H and O–H groups in total. The van der Waals surface area contributed by atoms with Gasteiger partial charge in [-0.3, -0.25) is 4.79 Å². The van der Waals surface area contributed by atoms with Gasteiger partial charge in [0.1, 0.15) is 5.75 Å². The maximum absolute atomic E-state index is 11.7. The number of aromatic nitrogens is 2. The number of likely N-dealkylation sites (tertiary alicyclic amines) is 1. The molecule has 38 heavy (non-hydrogen) atoms. The van der Waals surface area contributed by atoms with E-state index >= 15 is 0 Å². The summed E-state index contributed by atoms with van der Waals surface area (Å²) in [5.74, 6) is 1.70. The molecule has 1 aliphatic heterocycles. The molecule has 3 aromatic rings. The Hall–Kier alpha value is -2.96. The number of carbonyl (C=O) groups is 1. The van der Waals surface area contributed by atoms with E-state index in [-0.39, 0.29) is 12.1 Å². The van der Waals surface area contributed by atoms with Gasteiger partial charge in [0.15, 0.2) is 5.82 Å². The Morgan fingerprint density at radius 1 is 1.08 bits per heavy atom. The predicted octanol–water partition coefficient (Wildman–Crippen LogP) is 6.95. The first-order chi connectivity index (χ1) is 18.4. The minimum absolute atomic E-state index is 0.0567. The van der Waals surface area contributed by atoms with Gasteiger partial charge in [-0.15, -0.1) is 0 Å². The normalized spacial score (nSPS) is 14.6. The van der Waals surface area contributed by atoms with E-state index in [0.717, 1.165) is 50.0 Å². The molecule has 2 heterocycles.